The Hall–Kier alpha value is -1.22. The van der Waals surface area contributed by atoms with E-state index in [4.69, 9.17) is 4.42 Å². The van der Waals surface area contributed by atoms with Gasteiger partial charge in [-0.3, -0.25) is 0 Å². The molecule has 0 bridgehead atoms. The second-order valence-corrected chi connectivity index (χ2v) is 7.00. The number of hydrogen-bond donors (Lipinski definition) is 2. The van der Waals surface area contributed by atoms with Gasteiger partial charge in [0.05, 0.1) is 6.54 Å². The summed E-state index contributed by atoms with van der Waals surface area (Å²) in [7, 11) is -2.27. The molecular weight excluding hydrogens is 363 g/mol. The van der Waals surface area contributed by atoms with Crippen LogP contribution in [0.2, 0.25) is 0 Å². The summed E-state index contributed by atoms with van der Waals surface area (Å²) in [6.45, 7) is 0.602. The van der Waals surface area contributed by atoms with Crippen LogP contribution in [-0.2, 0) is 23.1 Å². The van der Waals surface area contributed by atoms with Crippen molar-refractivity contribution >= 4 is 26.0 Å². The molecule has 0 atom stereocenters. The molecule has 5 nitrogen and oxygen atoms in total. The molecule has 114 valence electrons. The largest absolute Gasteiger partial charge is 0.447 e. The molecule has 0 spiro atoms. The first-order valence-electron chi connectivity index (χ1n) is 6.09. The predicted molar refractivity (Wildman–Crippen MR) is 79.6 cm³/mol. The van der Waals surface area contributed by atoms with Crippen molar-refractivity contribution in [2.75, 3.05) is 7.05 Å². The molecule has 1 heterocycles. The lowest BCUT2D eigenvalue weighted by molar-refractivity contribution is 0.399. The third-order valence-corrected chi connectivity index (χ3v) is 4.57. The highest BCUT2D eigenvalue weighted by atomic mass is 79.9. The van der Waals surface area contributed by atoms with Gasteiger partial charge in [-0.25, -0.2) is 17.5 Å². The molecule has 0 unspecified atom stereocenters. The number of sulfonamides is 1. The summed E-state index contributed by atoms with van der Waals surface area (Å²) in [4.78, 5) is 0. The zero-order valence-electron chi connectivity index (χ0n) is 11.2. The summed E-state index contributed by atoms with van der Waals surface area (Å²) in [5.74, 6) is 0.155. The monoisotopic (exact) mass is 376 g/mol. The van der Waals surface area contributed by atoms with E-state index in [9.17, 15) is 12.8 Å². The summed E-state index contributed by atoms with van der Waals surface area (Å²) in [5.41, 5.74) is 0.513. The maximum Gasteiger partial charge on any atom is 0.273 e. The van der Waals surface area contributed by atoms with Crippen LogP contribution in [0.4, 0.5) is 4.39 Å². The molecule has 0 saturated heterocycles. The summed E-state index contributed by atoms with van der Waals surface area (Å²) < 4.78 is 44.7. The topological polar surface area (TPSA) is 71.3 Å². The maximum atomic E-state index is 13.5. The minimum absolute atomic E-state index is 0.143. The molecule has 0 aliphatic heterocycles. The van der Waals surface area contributed by atoms with Crippen molar-refractivity contribution in [3.63, 3.8) is 0 Å². The smallest absolute Gasteiger partial charge is 0.273 e. The molecular formula is C13H14BrFN2O3S. The zero-order chi connectivity index (χ0) is 15.5. The summed E-state index contributed by atoms with van der Waals surface area (Å²) in [6.07, 6.45) is 0. The average Bonchev–Trinajstić information content (AvgIpc) is 2.92. The third kappa shape index (κ3) is 4.13. The molecule has 1 aromatic carbocycles. The second-order valence-electron chi connectivity index (χ2n) is 4.27. The molecule has 2 N–H and O–H groups in total. The Balaban J connectivity index is 1.97. The van der Waals surface area contributed by atoms with Gasteiger partial charge in [0, 0.05) is 16.6 Å². The van der Waals surface area contributed by atoms with Crippen LogP contribution >= 0.6 is 15.9 Å². The quantitative estimate of drug-likeness (QED) is 0.811. The van der Waals surface area contributed by atoms with Crippen LogP contribution in [0.15, 0.2) is 44.3 Å². The Labute approximate surface area is 130 Å². The summed E-state index contributed by atoms with van der Waals surface area (Å²) in [6, 6.07) is 7.63. The van der Waals surface area contributed by atoms with Crippen LogP contribution < -0.4 is 10.0 Å². The van der Waals surface area contributed by atoms with Gasteiger partial charge in [0.25, 0.3) is 10.0 Å². The molecule has 0 aliphatic carbocycles. The van der Waals surface area contributed by atoms with Gasteiger partial charge in [-0.15, -0.1) is 0 Å². The minimum Gasteiger partial charge on any atom is -0.447 e. The van der Waals surface area contributed by atoms with Gasteiger partial charge >= 0.3 is 0 Å². The fourth-order valence-corrected chi connectivity index (χ4v) is 2.77. The van der Waals surface area contributed by atoms with E-state index in [-0.39, 0.29) is 10.9 Å². The van der Waals surface area contributed by atoms with Crippen LogP contribution in [0.1, 0.15) is 11.3 Å². The van der Waals surface area contributed by atoms with E-state index in [2.05, 4.69) is 26.0 Å². The number of halogens is 2. The van der Waals surface area contributed by atoms with Crippen LogP contribution in [0.25, 0.3) is 0 Å². The summed E-state index contributed by atoms with van der Waals surface area (Å²) >= 11 is 3.28. The molecule has 0 radical (unpaired) electrons. The van der Waals surface area contributed by atoms with Gasteiger partial charge in [0.1, 0.15) is 11.6 Å². The highest BCUT2D eigenvalue weighted by Gasteiger charge is 2.16. The molecule has 0 aliphatic rings. The van der Waals surface area contributed by atoms with E-state index in [0.29, 0.717) is 24.4 Å². The van der Waals surface area contributed by atoms with Crippen molar-refractivity contribution < 1.29 is 17.2 Å². The van der Waals surface area contributed by atoms with Crippen molar-refractivity contribution in [2.45, 2.75) is 18.2 Å². The average molecular weight is 377 g/mol. The lowest BCUT2D eigenvalue weighted by Gasteiger charge is -2.05. The van der Waals surface area contributed by atoms with Gasteiger partial charge in [-0.05, 0) is 37.4 Å². The molecule has 1 aromatic heterocycles. The van der Waals surface area contributed by atoms with Gasteiger partial charge in [0.2, 0.25) is 5.09 Å². The van der Waals surface area contributed by atoms with Crippen LogP contribution in [-0.4, -0.2) is 15.5 Å². The minimum atomic E-state index is -3.58. The Morgan fingerprint density at radius 1 is 1.24 bits per heavy atom. The van der Waals surface area contributed by atoms with Crippen molar-refractivity contribution in [1.82, 2.24) is 10.0 Å². The molecule has 0 saturated carbocycles. The highest BCUT2D eigenvalue weighted by Crippen LogP contribution is 2.16. The fourth-order valence-electron chi connectivity index (χ4n) is 1.70. The first-order chi connectivity index (χ1) is 9.92. The van der Waals surface area contributed by atoms with E-state index in [1.54, 1.807) is 18.2 Å². The lowest BCUT2D eigenvalue weighted by atomic mass is 10.2. The maximum absolute atomic E-state index is 13.5. The normalized spacial score (nSPS) is 11.8. The molecule has 8 heteroatoms. The first-order valence-corrected chi connectivity index (χ1v) is 8.37. The van der Waals surface area contributed by atoms with E-state index >= 15 is 0 Å². The van der Waals surface area contributed by atoms with Gasteiger partial charge in [0.15, 0.2) is 0 Å². The summed E-state index contributed by atoms with van der Waals surface area (Å²) in [5, 5.41) is 2.86. The van der Waals surface area contributed by atoms with Crippen molar-refractivity contribution in [1.29, 1.82) is 0 Å². The Kier molecular flexibility index (Phi) is 5.15. The van der Waals surface area contributed by atoms with Crippen molar-refractivity contribution in [3.8, 4) is 0 Å². The van der Waals surface area contributed by atoms with E-state index in [1.807, 2.05) is 0 Å². The van der Waals surface area contributed by atoms with Gasteiger partial charge < -0.3 is 9.73 Å². The molecule has 21 heavy (non-hydrogen) atoms. The third-order valence-electron chi connectivity index (χ3n) is 2.79. The lowest BCUT2D eigenvalue weighted by Crippen LogP contribution is -2.18. The van der Waals surface area contributed by atoms with Gasteiger partial charge in [-0.2, -0.15) is 0 Å². The molecule has 2 aromatic rings. The predicted octanol–water partition coefficient (Wildman–Crippen LogP) is 2.38. The first kappa shape index (κ1) is 16.2. The Morgan fingerprint density at radius 3 is 2.71 bits per heavy atom. The van der Waals surface area contributed by atoms with Gasteiger partial charge in [-0.1, -0.05) is 15.9 Å². The molecule has 0 fully saturated rings. The van der Waals surface area contributed by atoms with Crippen LogP contribution in [0, 0.1) is 5.82 Å². The second kappa shape index (κ2) is 6.69. The van der Waals surface area contributed by atoms with Crippen molar-refractivity contribution in [3.05, 3.63) is 51.9 Å². The molecule has 2 rings (SSSR count). The van der Waals surface area contributed by atoms with E-state index in [0.717, 1.165) is 4.47 Å². The number of furan rings is 1. The van der Waals surface area contributed by atoms with Crippen LogP contribution in [0.3, 0.4) is 0 Å². The Morgan fingerprint density at radius 2 is 2.00 bits per heavy atom. The Bertz CT molecular complexity index is 731. The molecule has 0 amide bonds. The number of hydrogen-bond acceptors (Lipinski definition) is 4. The van der Waals surface area contributed by atoms with E-state index in [1.165, 1.54) is 19.2 Å². The van der Waals surface area contributed by atoms with Crippen molar-refractivity contribution in [2.24, 2.45) is 0 Å². The van der Waals surface area contributed by atoms with E-state index < -0.39 is 10.0 Å². The highest BCUT2D eigenvalue weighted by molar-refractivity contribution is 9.10. The zero-order valence-corrected chi connectivity index (χ0v) is 13.6. The standard InChI is InChI=1S/C13H14BrFN2O3S/c1-16-21(18,19)13-5-3-11(20-13)8-17-7-9-6-10(14)2-4-12(9)15/h2-6,16-17H,7-8H2,1H3. The number of nitrogens with one attached hydrogen (secondary N) is 2. The fraction of sp³-hybridized carbons (Fsp3) is 0.231. The SMILES string of the molecule is CNS(=O)(=O)c1ccc(CNCc2cc(Br)ccc2F)o1. The number of rotatable bonds is 6. The van der Waals surface area contributed by atoms with Crippen LogP contribution in [0.5, 0.6) is 0 Å². The number of benzene rings is 1.